The Morgan fingerprint density at radius 1 is 1.46 bits per heavy atom. The van der Waals surface area contributed by atoms with E-state index in [0.717, 1.165) is 5.56 Å². The summed E-state index contributed by atoms with van der Waals surface area (Å²) >= 11 is 0. The molecule has 0 bridgehead atoms. The van der Waals surface area contributed by atoms with E-state index in [1.54, 1.807) is 6.92 Å². The summed E-state index contributed by atoms with van der Waals surface area (Å²) in [6.45, 7) is 2.17. The molecule has 0 aromatic heterocycles. The highest BCUT2D eigenvalue weighted by Crippen LogP contribution is 2.28. The average Bonchev–Trinajstić information content (AvgIpc) is 2.12. The van der Waals surface area contributed by atoms with Crippen LogP contribution in [0.2, 0.25) is 0 Å². The smallest absolute Gasteiger partial charge is 0.342 e. The molecule has 0 saturated carbocycles. The third kappa shape index (κ3) is 1.16. The van der Waals surface area contributed by atoms with Gasteiger partial charge in [0.2, 0.25) is 0 Å². The molecule has 1 aromatic carbocycles. The van der Waals surface area contributed by atoms with Crippen molar-refractivity contribution >= 4 is 5.97 Å². The molecular weight excluding hydrogens is 168 g/mol. The van der Waals surface area contributed by atoms with Crippen molar-refractivity contribution in [2.24, 2.45) is 0 Å². The van der Waals surface area contributed by atoms with Crippen LogP contribution in [0.1, 0.15) is 21.5 Å². The third-order valence-electron chi connectivity index (χ3n) is 2.27. The molecule has 68 valence electrons. The van der Waals surface area contributed by atoms with E-state index < -0.39 is 5.97 Å². The van der Waals surface area contributed by atoms with Crippen molar-refractivity contribution in [1.82, 2.24) is 0 Å². The van der Waals surface area contributed by atoms with Crippen LogP contribution in [-0.4, -0.2) is 17.7 Å². The van der Waals surface area contributed by atoms with Gasteiger partial charge in [-0.15, -0.1) is 0 Å². The van der Waals surface area contributed by atoms with Crippen molar-refractivity contribution in [3.8, 4) is 5.75 Å². The van der Waals surface area contributed by atoms with Gasteiger partial charge in [0.25, 0.3) is 0 Å². The molecule has 0 radical (unpaired) electrons. The molecule has 13 heavy (non-hydrogen) atoms. The standard InChI is InChI=1S/C10H10O3/c1-6-2-3-7-4-5-13-10(12)8(7)9(6)11/h2-3,11H,4-5H2,1H3. The highest BCUT2D eigenvalue weighted by molar-refractivity contribution is 5.95. The van der Waals surface area contributed by atoms with E-state index in [9.17, 15) is 9.90 Å². The van der Waals surface area contributed by atoms with Crippen LogP contribution in [0.15, 0.2) is 12.1 Å². The maximum absolute atomic E-state index is 11.3. The fourth-order valence-corrected chi connectivity index (χ4v) is 1.50. The van der Waals surface area contributed by atoms with E-state index in [-0.39, 0.29) is 5.75 Å². The Morgan fingerprint density at radius 2 is 2.23 bits per heavy atom. The number of aromatic hydroxyl groups is 1. The molecule has 2 rings (SSSR count). The molecule has 0 aliphatic carbocycles. The number of phenols is 1. The molecule has 1 aromatic rings. The molecule has 1 heterocycles. The highest BCUT2D eigenvalue weighted by Gasteiger charge is 2.22. The van der Waals surface area contributed by atoms with Crippen molar-refractivity contribution in [1.29, 1.82) is 0 Å². The Labute approximate surface area is 76.0 Å². The molecule has 0 unspecified atom stereocenters. The number of benzene rings is 1. The maximum atomic E-state index is 11.3. The van der Waals surface area contributed by atoms with Gasteiger partial charge < -0.3 is 9.84 Å². The first kappa shape index (κ1) is 8.10. The molecule has 0 spiro atoms. The van der Waals surface area contributed by atoms with Crippen LogP contribution in [0.5, 0.6) is 5.75 Å². The Hall–Kier alpha value is -1.51. The number of hydrogen-bond donors (Lipinski definition) is 1. The molecule has 1 aliphatic rings. The number of aryl methyl sites for hydroxylation is 1. The van der Waals surface area contributed by atoms with E-state index in [1.165, 1.54) is 0 Å². The minimum Gasteiger partial charge on any atom is -0.507 e. The molecule has 0 saturated heterocycles. The monoisotopic (exact) mass is 178 g/mol. The first-order valence-corrected chi connectivity index (χ1v) is 4.18. The van der Waals surface area contributed by atoms with Crippen LogP contribution < -0.4 is 0 Å². The summed E-state index contributed by atoms with van der Waals surface area (Å²) in [4.78, 5) is 11.3. The van der Waals surface area contributed by atoms with E-state index in [2.05, 4.69) is 0 Å². The number of rotatable bonds is 0. The van der Waals surface area contributed by atoms with Crippen molar-refractivity contribution in [3.63, 3.8) is 0 Å². The number of phenolic OH excluding ortho intramolecular Hbond substituents is 1. The summed E-state index contributed by atoms with van der Waals surface area (Å²) < 4.78 is 4.84. The van der Waals surface area contributed by atoms with Crippen LogP contribution >= 0.6 is 0 Å². The molecule has 1 aliphatic heterocycles. The Bertz CT molecular complexity index is 369. The number of hydrogen-bond acceptors (Lipinski definition) is 3. The topological polar surface area (TPSA) is 46.5 Å². The first-order valence-electron chi connectivity index (χ1n) is 4.18. The van der Waals surface area contributed by atoms with Crippen LogP contribution in [0.25, 0.3) is 0 Å². The van der Waals surface area contributed by atoms with Gasteiger partial charge >= 0.3 is 5.97 Å². The van der Waals surface area contributed by atoms with Crippen molar-refractivity contribution in [3.05, 3.63) is 28.8 Å². The van der Waals surface area contributed by atoms with Gasteiger partial charge in [0, 0.05) is 6.42 Å². The lowest BCUT2D eigenvalue weighted by Crippen LogP contribution is -2.17. The molecule has 1 N–H and O–H groups in total. The van der Waals surface area contributed by atoms with Crippen molar-refractivity contribution in [2.45, 2.75) is 13.3 Å². The Balaban J connectivity index is 2.65. The van der Waals surface area contributed by atoms with E-state index in [0.29, 0.717) is 24.2 Å². The predicted molar refractivity (Wildman–Crippen MR) is 46.8 cm³/mol. The number of carbonyl (C=O) groups excluding carboxylic acids is 1. The maximum Gasteiger partial charge on any atom is 0.342 e. The van der Waals surface area contributed by atoms with Gasteiger partial charge in [-0.25, -0.2) is 4.79 Å². The van der Waals surface area contributed by atoms with Gasteiger partial charge in [-0.3, -0.25) is 0 Å². The normalized spacial score (nSPS) is 15.0. The summed E-state index contributed by atoms with van der Waals surface area (Å²) in [5.41, 5.74) is 1.92. The van der Waals surface area contributed by atoms with Gasteiger partial charge in [-0.2, -0.15) is 0 Å². The van der Waals surface area contributed by atoms with E-state index in [1.807, 2.05) is 12.1 Å². The zero-order valence-corrected chi connectivity index (χ0v) is 7.33. The van der Waals surface area contributed by atoms with Crippen LogP contribution in [-0.2, 0) is 11.2 Å². The lowest BCUT2D eigenvalue weighted by Gasteiger charge is -2.17. The highest BCUT2D eigenvalue weighted by atomic mass is 16.5. The minimum absolute atomic E-state index is 0.0576. The predicted octanol–water partition coefficient (Wildman–Crippen LogP) is 1.41. The third-order valence-corrected chi connectivity index (χ3v) is 2.27. The van der Waals surface area contributed by atoms with Gasteiger partial charge in [0.1, 0.15) is 11.3 Å². The van der Waals surface area contributed by atoms with Gasteiger partial charge in [-0.1, -0.05) is 12.1 Å². The number of esters is 1. The minimum atomic E-state index is -0.414. The molecule has 3 nitrogen and oxygen atoms in total. The van der Waals surface area contributed by atoms with Crippen LogP contribution in [0.4, 0.5) is 0 Å². The Kier molecular flexibility index (Phi) is 1.72. The average molecular weight is 178 g/mol. The van der Waals surface area contributed by atoms with Crippen LogP contribution in [0.3, 0.4) is 0 Å². The van der Waals surface area contributed by atoms with Crippen molar-refractivity contribution in [2.75, 3.05) is 6.61 Å². The molecule has 0 amide bonds. The van der Waals surface area contributed by atoms with E-state index in [4.69, 9.17) is 4.74 Å². The number of carbonyl (C=O) groups is 1. The lowest BCUT2D eigenvalue weighted by molar-refractivity contribution is 0.0476. The lowest BCUT2D eigenvalue weighted by atomic mass is 9.99. The van der Waals surface area contributed by atoms with Crippen molar-refractivity contribution < 1.29 is 14.6 Å². The molecule has 0 fully saturated rings. The molecule has 0 atom stereocenters. The van der Waals surface area contributed by atoms with Gasteiger partial charge in [0.15, 0.2) is 0 Å². The second-order valence-electron chi connectivity index (χ2n) is 3.15. The first-order chi connectivity index (χ1) is 6.20. The second kappa shape index (κ2) is 2.76. The fraction of sp³-hybridized carbons (Fsp3) is 0.300. The zero-order chi connectivity index (χ0) is 9.42. The molecule has 3 heteroatoms. The largest absolute Gasteiger partial charge is 0.507 e. The number of cyclic esters (lactones) is 1. The summed E-state index contributed by atoms with van der Waals surface area (Å²) in [5.74, 6) is -0.357. The fourth-order valence-electron chi connectivity index (χ4n) is 1.50. The SMILES string of the molecule is Cc1ccc2c(c1O)C(=O)OCC2. The summed E-state index contributed by atoms with van der Waals surface area (Å²) in [5, 5.41) is 9.61. The summed E-state index contributed by atoms with van der Waals surface area (Å²) in [6, 6.07) is 3.68. The molecular formula is C10H10O3. The Morgan fingerprint density at radius 3 is 3.00 bits per heavy atom. The number of ether oxygens (including phenoxy) is 1. The summed E-state index contributed by atoms with van der Waals surface area (Å²) in [6.07, 6.45) is 0.689. The quantitative estimate of drug-likeness (QED) is 0.611. The number of fused-ring (bicyclic) bond motifs is 1. The van der Waals surface area contributed by atoms with E-state index >= 15 is 0 Å². The second-order valence-corrected chi connectivity index (χ2v) is 3.15. The van der Waals surface area contributed by atoms with Gasteiger partial charge in [-0.05, 0) is 18.1 Å². The van der Waals surface area contributed by atoms with Gasteiger partial charge in [0.05, 0.1) is 6.61 Å². The summed E-state index contributed by atoms with van der Waals surface area (Å²) in [7, 11) is 0. The zero-order valence-electron chi connectivity index (χ0n) is 7.33. The van der Waals surface area contributed by atoms with Crippen LogP contribution in [0, 0.1) is 6.92 Å².